The third kappa shape index (κ3) is 3.44. The van der Waals surface area contributed by atoms with Crippen LogP contribution in [0.2, 0.25) is 0 Å². The number of thioether (sulfide) groups is 1. The number of carbonyl (C=O) groups is 2. The van der Waals surface area contributed by atoms with Gasteiger partial charge in [-0.25, -0.2) is 4.98 Å². The Morgan fingerprint density at radius 1 is 1.24 bits per heavy atom. The molecule has 3 fully saturated rings. The number of carbonyl (C=O) groups excluding carboxylic acids is 2. The van der Waals surface area contributed by atoms with Crippen LogP contribution in [0.4, 0.5) is 0 Å². The number of allylic oxidation sites excluding steroid dienone is 1. The van der Waals surface area contributed by atoms with Crippen molar-refractivity contribution in [1.82, 2.24) is 4.98 Å². The Hall–Kier alpha value is -1.02. The Bertz CT molecular complexity index is 1010. The molecule has 4 aliphatic carbocycles. The molecule has 7 atom stereocenters. The van der Waals surface area contributed by atoms with Crippen molar-refractivity contribution < 1.29 is 19.8 Å². The smallest absolute Gasteiger partial charge is 0.175 e. The van der Waals surface area contributed by atoms with Gasteiger partial charge in [-0.15, -0.1) is 11.3 Å². The highest BCUT2D eigenvalue weighted by molar-refractivity contribution is 8.01. The third-order valence-electron chi connectivity index (χ3n) is 9.85. The lowest BCUT2D eigenvalue weighted by Crippen LogP contribution is -2.61. The van der Waals surface area contributed by atoms with Crippen LogP contribution < -0.4 is 0 Å². The number of aromatic nitrogens is 1. The summed E-state index contributed by atoms with van der Waals surface area (Å²) in [7, 11) is 0. The molecule has 7 heteroatoms. The monoisotopic (exact) mass is 489 g/mol. The number of aliphatic hydroxyl groups is 2. The van der Waals surface area contributed by atoms with Crippen molar-refractivity contribution in [1.29, 1.82) is 0 Å². The van der Waals surface area contributed by atoms with E-state index < -0.39 is 17.1 Å². The first kappa shape index (κ1) is 23.7. The third-order valence-corrected chi connectivity index (χ3v) is 12.1. The molecular weight excluding hydrogens is 454 g/mol. The number of rotatable bonds is 4. The maximum atomic E-state index is 13.5. The molecule has 1 heterocycles. The van der Waals surface area contributed by atoms with Crippen molar-refractivity contribution in [3.63, 3.8) is 0 Å². The van der Waals surface area contributed by atoms with Crippen LogP contribution in [0.25, 0.3) is 0 Å². The highest BCUT2D eigenvalue weighted by Gasteiger charge is 2.68. The molecule has 0 bridgehead atoms. The molecule has 2 N–H and O–H groups in total. The second kappa shape index (κ2) is 8.00. The Morgan fingerprint density at radius 3 is 2.70 bits per heavy atom. The average molecular weight is 490 g/mol. The Kier molecular flexibility index (Phi) is 5.75. The molecule has 0 saturated heterocycles. The van der Waals surface area contributed by atoms with Crippen LogP contribution >= 0.6 is 23.1 Å². The van der Waals surface area contributed by atoms with Gasteiger partial charge in [-0.2, -0.15) is 0 Å². The first-order valence-electron chi connectivity index (χ1n) is 12.2. The molecule has 0 radical (unpaired) electrons. The fourth-order valence-corrected chi connectivity index (χ4v) is 10.0. The minimum atomic E-state index is -1.41. The summed E-state index contributed by atoms with van der Waals surface area (Å²) in [5.41, 5.74) is 0.0159. The molecular formula is C26H35NO4S2. The Labute approximate surface area is 204 Å². The fraction of sp³-hybridized carbons (Fsp3) is 0.731. The normalized spacial score (nSPS) is 42.4. The summed E-state index contributed by atoms with van der Waals surface area (Å²) in [5, 5.41) is 23.3. The molecule has 180 valence electrons. The van der Waals surface area contributed by atoms with Crippen LogP contribution in [0.3, 0.4) is 0 Å². The van der Waals surface area contributed by atoms with E-state index in [0.29, 0.717) is 19.3 Å². The molecule has 1 aromatic heterocycles. The molecule has 0 aliphatic heterocycles. The molecule has 33 heavy (non-hydrogen) atoms. The molecule has 0 spiro atoms. The summed E-state index contributed by atoms with van der Waals surface area (Å²) in [6, 6.07) is 0. The van der Waals surface area contributed by atoms with Crippen LogP contribution in [-0.2, 0) is 9.59 Å². The highest BCUT2D eigenvalue weighted by Crippen LogP contribution is 2.67. The van der Waals surface area contributed by atoms with E-state index >= 15 is 0 Å². The van der Waals surface area contributed by atoms with E-state index in [0.717, 1.165) is 40.6 Å². The quantitative estimate of drug-likeness (QED) is 0.599. The summed E-state index contributed by atoms with van der Waals surface area (Å²) in [4.78, 5) is 31.2. The maximum absolute atomic E-state index is 13.5. The van der Waals surface area contributed by atoms with E-state index in [1.165, 1.54) is 17.3 Å². The molecule has 4 aliphatic rings. The lowest BCUT2D eigenvalue weighted by Gasteiger charge is -2.60. The van der Waals surface area contributed by atoms with Gasteiger partial charge in [0.25, 0.3) is 0 Å². The van der Waals surface area contributed by atoms with Crippen molar-refractivity contribution in [2.75, 3.05) is 5.75 Å². The van der Waals surface area contributed by atoms with Gasteiger partial charge in [0.05, 0.1) is 17.6 Å². The highest BCUT2D eigenvalue weighted by atomic mass is 32.2. The number of ketones is 2. The zero-order valence-electron chi connectivity index (χ0n) is 20.0. The number of hydrogen-bond donors (Lipinski definition) is 2. The number of aryl methyl sites for hydroxylation is 2. The van der Waals surface area contributed by atoms with Gasteiger partial charge in [0.1, 0.15) is 5.60 Å². The van der Waals surface area contributed by atoms with E-state index in [2.05, 4.69) is 11.9 Å². The predicted octanol–water partition coefficient (Wildman–Crippen LogP) is 4.65. The van der Waals surface area contributed by atoms with Crippen LogP contribution in [0.15, 0.2) is 16.0 Å². The van der Waals surface area contributed by atoms with Gasteiger partial charge in [-0.1, -0.05) is 31.2 Å². The van der Waals surface area contributed by atoms with Crippen molar-refractivity contribution in [2.24, 2.45) is 28.6 Å². The zero-order valence-corrected chi connectivity index (χ0v) is 21.7. The average Bonchev–Trinajstić information content (AvgIpc) is 3.22. The van der Waals surface area contributed by atoms with E-state index in [9.17, 15) is 19.8 Å². The molecule has 5 nitrogen and oxygen atoms in total. The summed E-state index contributed by atoms with van der Waals surface area (Å²) < 4.78 is 0.872. The summed E-state index contributed by atoms with van der Waals surface area (Å²) >= 11 is 3.01. The van der Waals surface area contributed by atoms with E-state index in [-0.39, 0.29) is 40.5 Å². The lowest BCUT2D eigenvalue weighted by atomic mass is 9.45. The van der Waals surface area contributed by atoms with Crippen LogP contribution in [0.5, 0.6) is 0 Å². The first-order valence-corrected chi connectivity index (χ1v) is 14.0. The lowest BCUT2D eigenvalue weighted by molar-refractivity contribution is -0.178. The molecule has 5 rings (SSSR count). The molecule has 5 unspecified atom stereocenters. The van der Waals surface area contributed by atoms with Gasteiger partial charge in [0.15, 0.2) is 15.9 Å². The van der Waals surface area contributed by atoms with Crippen LogP contribution in [-0.4, -0.2) is 44.2 Å². The standard InChI is InChI=1S/C26H35NO4S2/c1-14-15(2)33-23(27-14)32-13-21(30)26(31)10-8-19-18-6-5-16-11-17(28)7-9-24(16,3)22(18)20(29)12-25(19,26)4/h11,18-20,22,29,31H,5-10,12-13H2,1-4H3/t18?,19?,20-,22?,24?,25?,26-/m0/s1. The minimum Gasteiger partial charge on any atom is -0.393 e. The second-order valence-electron chi connectivity index (χ2n) is 11.3. The number of fused-ring (bicyclic) bond motifs is 5. The van der Waals surface area contributed by atoms with Gasteiger partial charge < -0.3 is 10.2 Å². The SMILES string of the molecule is Cc1nc(SCC(=O)[C@@]2(O)CCC3C4CCC5=CC(=O)CCC5(C)C4[C@@H](O)CC32C)sc1C. The minimum absolute atomic E-state index is 0.0942. The number of aliphatic hydroxyl groups excluding tert-OH is 1. The van der Waals surface area contributed by atoms with Crippen molar-refractivity contribution in [3.05, 3.63) is 22.2 Å². The van der Waals surface area contributed by atoms with Gasteiger partial charge in [0, 0.05) is 16.7 Å². The summed E-state index contributed by atoms with van der Waals surface area (Å²) in [6.45, 7) is 8.28. The largest absolute Gasteiger partial charge is 0.393 e. The van der Waals surface area contributed by atoms with E-state index in [1.54, 1.807) is 11.3 Å². The summed E-state index contributed by atoms with van der Waals surface area (Å²) in [6.07, 6.45) is 6.15. The number of nitrogens with zero attached hydrogens (tertiary/aromatic N) is 1. The molecule has 0 aromatic carbocycles. The van der Waals surface area contributed by atoms with Crippen molar-refractivity contribution in [2.45, 2.75) is 88.7 Å². The maximum Gasteiger partial charge on any atom is 0.175 e. The van der Waals surface area contributed by atoms with Crippen molar-refractivity contribution in [3.8, 4) is 0 Å². The second-order valence-corrected chi connectivity index (χ2v) is 13.7. The Morgan fingerprint density at radius 2 is 2.00 bits per heavy atom. The molecule has 1 aromatic rings. The van der Waals surface area contributed by atoms with Gasteiger partial charge in [0.2, 0.25) is 0 Å². The molecule has 0 amide bonds. The van der Waals surface area contributed by atoms with Crippen molar-refractivity contribution >= 4 is 34.7 Å². The molecule has 3 saturated carbocycles. The van der Waals surface area contributed by atoms with Gasteiger partial charge in [-0.05, 0) is 81.6 Å². The van der Waals surface area contributed by atoms with Crippen LogP contribution in [0, 0.1) is 42.4 Å². The predicted molar refractivity (Wildman–Crippen MR) is 130 cm³/mol. The van der Waals surface area contributed by atoms with E-state index in [1.807, 2.05) is 26.8 Å². The number of thiazole rings is 1. The first-order chi connectivity index (χ1) is 15.5. The summed E-state index contributed by atoms with van der Waals surface area (Å²) in [5.74, 6) is 0.872. The number of hydrogen-bond acceptors (Lipinski definition) is 7. The Balaban J connectivity index is 1.39. The topological polar surface area (TPSA) is 87.5 Å². The fourth-order valence-electron chi connectivity index (χ4n) is 7.90. The van der Waals surface area contributed by atoms with E-state index in [4.69, 9.17) is 0 Å². The van der Waals surface area contributed by atoms with Crippen LogP contribution in [0.1, 0.15) is 69.4 Å². The number of Topliss-reactive ketones (excluding diaryl/α,β-unsaturated/α-hetero) is 1. The van der Waals surface area contributed by atoms with Gasteiger partial charge >= 0.3 is 0 Å². The zero-order chi connectivity index (χ0) is 23.8. The van der Waals surface area contributed by atoms with Gasteiger partial charge in [-0.3, -0.25) is 9.59 Å².